The molecule has 0 radical (unpaired) electrons. The number of hydrogen-bond acceptors (Lipinski definition) is 2. The standard InChI is InChI=1S/C14H23ClN2O2/c1-6-14(5)12(19)16-10(13(2,3)4)11(18)17(14)9-7-8-15/h7-8,10H,6,9H2,1-5H3,(H,16,19)/b8-7+. The maximum Gasteiger partial charge on any atom is 0.246 e. The predicted octanol–water partition coefficient (Wildman–Crippen LogP) is 2.28. The number of rotatable bonds is 3. The fourth-order valence-electron chi connectivity index (χ4n) is 2.24. The number of halogens is 1. The second kappa shape index (κ2) is 5.53. The molecule has 2 unspecified atom stereocenters. The Labute approximate surface area is 120 Å². The van der Waals surface area contributed by atoms with Crippen molar-refractivity contribution >= 4 is 23.4 Å². The molecule has 1 heterocycles. The van der Waals surface area contributed by atoms with Gasteiger partial charge in [-0.2, -0.15) is 0 Å². The summed E-state index contributed by atoms with van der Waals surface area (Å²) in [5.41, 5.74) is 0.252. The molecule has 2 atom stereocenters. The molecule has 0 aromatic rings. The van der Waals surface area contributed by atoms with Crippen LogP contribution in [0.5, 0.6) is 0 Å². The molecule has 1 rings (SSSR count). The molecule has 0 aromatic carbocycles. The molecule has 4 nitrogen and oxygen atoms in total. The average molecular weight is 287 g/mol. The van der Waals surface area contributed by atoms with Gasteiger partial charge in [-0.1, -0.05) is 45.4 Å². The first-order chi connectivity index (χ1) is 8.68. The summed E-state index contributed by atoms with van der Waals surface area (Å²) < 4.78 is 0. The normalized spacial score (nSPS) is 28.9. The zero-order valence-electron chi connectivity index (χ0n) is 12.3. The smallest absolute Gasteiger partial charge is 0.246 e. The number of piperazine rings is 1. The van der Waals surface area contributed by atoms with Gasteiger partial charge >= 0.3 is 0 Å². The quantitative estimate of drug-likeness (QED) is 0.865. The number of nitrogens with zero attached hydrogens (tertiary/aromatic N) is 1. The van der Waals surface area contributed by atoms with Crippen molar-refractivity contribution in [1.82, 2.24) is 10.2 Å². The minimum Gasteiger partial charge on any atom is -0.342 e. The van der Waals surface area contributed by atoms with Gasteiger partial charge in [-0.25, -0.2) is 0 Å². The number of carbonyl (C=O) groups excluding carboxylic acids is 2. The van der Waals surface area contributed by atoms with Gasteiger partial charge in [0.2, 0.25) is 11.8 Å². The molecule has 5 heteroatoms. The molecule has 0 aliphatic carbocycles. The topological polar surface area (TPSA) is 49.4 Å². The molecule has 1 aliphatic heterocycles. The fourth-order valence-corrected chi connectivity index (χ4v) is 2.32. The summed E-state index contributed by atoms with van der Waals surface area (Å²) in [5.74, 6) is -0.149. The first-order valence-electron chi connectivity index (χ1n) is 6.56. The van der Waals surface area contributed by atoms with E-state index in [-0.39, 0.29) is 17.2 Å². The predicted molar refractivity (Wildman–Crippen MR) is 76.8 cm³/mol. The van der Waals surface area contributed by atoms with Crippen molar-refractivity contribution in [2.24, 2.45) is 5.41 Å². The summed E-state index contributed by atoms with van der Waals surface area (Å²) in [4.78, 5) is 26.6. The molecule has 1 fully saturated rings. The lowest BCUT2D eigenvalue weighted by Crippen LogP contribution is -2.71. The van der Waals surface area contributed by atoms with Gasteiger partial charge in [-0.3, -0.25) is 9.59 Å². The van der Waals surface area contributed by atoms with Gasteiger partial charge in [0.1, 0.15) is 11.6 Å². The molecular formula is C14H23ClN2O2. The van der Waals surface area contributed by atoms with Crippen LogP contribution in [0.1, 0.15) is 41.0 Å². The maximum atomic E-state index is 12.6. The Kier molecular flexibility index (Phi) is 4.67. The number of nitrogens with one attached hydrogen (secondary N) is 1. The van der Waals surface area contributed by atoms with Crippen LogP contribution in [0.15, 0.2) is 11.6 Å². The zero-order valence-corrected chi connectivity index (χ0v) is 13.0. The van der Waals surface area contributed by atoms with Gasteiger partial charge in [-0.05, 0) is 18.8 Å². The average Bonchev–Trinajstić information content (AvgIpc) is 2.32. The van der Waals surface area contributed by atoms with Gasteiger partial charge in [0.25, 0.3) is 0 Å². The number of amides is 2. The molecule has 0 saturated carbocycles. The third-order valence-corrected chi connectivity index (χ3v) is 3.98. The van der Waals surface area contributed by atoms with Crippen molar-refractivity contribution in [2.45, 2.75) is 52.6 Å². The van der Waals surface area contributed by atoms with E-state index in [0.29, 0.717) is 13.0 Å². The molecule has 2 amide bonds. The van der Waals surface area contributed by atoms with Gasteiger partial charge in [0, 0.05) is 12.1 Å². The van der Waals surface area contributed by atoms with Gasteiger partial charge in [0.15, 0.2) is 0 Å². The maximum absolute atomic E-state index is 12.6. The number of carbonyl (C=O) groups is 2. The van der Waals surface area contributed by atoms with Gasteiger partial charge in [-0.15, -0.1) is 0 Å². The third-order valence-electron chi connectivity index (χ3n) is 3.80. The summed E-state index contributed by atoms with van der Waals surface area (Å²) >= 11 is 5.55. The lowest BCUT2D eigenvalue weighted by molar-refractivity contribution is -0.159. The van der Waals surface area contributed by atoms with Crippen LogP contribution in [-0.2, 0) is 9.59 Å². The van der Waals surface area contributed by atoms with E-state index in [0.717, 1.165) is 0 Å². The van der Waals surface area contributed by atoms with E-state index in [1.807, 2.05) is 27.7 Å². The molecule has 0 bridgehead atoms. The Balaban J connectivity index is 3.16. The van der Waals surface area contributed by atoms with Crippen molar-refractivity contribution in [3.8, 4) is 0 Å². The van der Waals surface area contributed by atoms with E-state index in [2.05, 4.69) is 5.32 Å². The Bertz CT molecular complexity index is 401. The highest BCUT2D eigenvalue weighted by molar-refractivity contribution is 6.25. The van der Waals surface area contributed by atoms with Gasteiger partial charge in [0.05, 0.1) is 0 Å². The van der Waals surface area contributed by atoms with E-state index in [4.69, 9.17) is 11.6 Å². The molecular weight excluding hydrogens is 264 g/mol. The van der Waals surface area contributed by atoms with E-state index in [1.54, 1.807) is 17.9 Å². The lowest BCUT2D eigenvalue weighted by Gasteiger charge is -2.48. The Morgan fingerprint density at radius 2 is 2.00 bits per heavy atom. The van der Waals surface area contributed by atoms with Crippen LogP contribution in [-0.4, -0.2) is 34.8 Å². The molecule has 1 N–H and O–H groups in total. The summed E-state index contributed by atoms with van der Waals surface area (Å²) in [6, 6.07) is -0.497. The lowest BCUT2D eigenvalue weighted by atomic mass is 9.80. The van der Waals surface area contributed by atoms with Crippen LogP contribution < -0.4 is 5.32 Å². The summed E-state index contributed by atoms with van der Waals surface area (Å²) in [6.07, 6.45) is 2.25. The zero-order chi connectivity index (χ0) is 14.8. The second-order valence-corrected chi connectivity index (χ2v) is 6.46. The van der Waals surface area contributed by atoms with Crippen LogP contribution in [0.3, 0.4) is 0 Å². The summed E-state index contributed by atoms with van der Waals surface area (Å²) in [7, 11) is 0. The van der Waals surface area contributed by atoms with E-state index in [1.165, 1.54) is 5.54 Å². The molecule has 19 heavy (non-hydrogen) atoms. The van der Waals surface area contributed by atoms with Crippen molar-refractivity contribution < 1.29 is 9.59 Å². The van der Waals surface area contributed by atoms with Crippen molar-refractivity contribution in [3.63, 3.8) is 0 Å². The van der Waals surface area contributed by atoms with E-state index >= 15 is 0 Å². The monoisotopic (exact) mass is 286 g/mol. The molecule has 0 aromatic heterocycles. The largest absolute Gasteiger partial charge is 0.342 e. The van der Waals surface area contributed by atoms with E-state index < -0.39 is 11.6 Å². The van der Waals surface area contributed by atoms with Crippen molar-refractivity contribution in [1.29, 1.82) is 0 Å². The summed E-state index contributed by atoms with van der Waals surface area (Å²) in [6.45, 7) is 9.88. The number of hydrogen-bond donors (Lipinski definition) is 1. The molecule has 1 saturated heterocycles. The molecule has 0 spiro atoms. The van der Waals surface area contributed by atoms with Gasteiger partial charge < -0.3 is 10.2 Å². The highest BCUT2D eigenvalue weighted by atomic mass is 35.5. The molecule has 108 valence electrons. The Hall–Kier alpha value is -1.03. The van der Waals surface area contributed by atoms with Crippen LogP contribution in [0, 0.1) is 5.41 Å². The minimum atomic E-state index is -0.810. The summed E-state index contributed by atoms with van der Waals surface area (Å²) in [5, 5.41) is 2.87. The van der Waals surface area contributed by atoms with Crippen molar-refractivity contribution in [2.75, 3.05) is 6.54 Å². The highest BCUT2D eigenvalue weighted by Crippen LogP contribution is 2.31. The highest BCUT2D eigenvalue weighted by Gasteiger charge is 2.50. The fraction of sp³-hybridized carbons (Fsp3) is 0.714. The van der Waals surface area contributed by atoms with Crippen molar-refractivity contribution in [3.05, 3.63) is 11.6 Å². The minimum absolute atomic E-state index is 0.0498. The van der Waals surface area contributed by atoms with E-state index in [9.17, 15) is 9.59 Å². The third kappa shape index (κ3) is 2.94. The first kappa shape index (κ1) is 16.0. The van der Waals surface area contributed by atoms with Crippen LogP contribution in [0.4, 0.5) is 0 Å². The van der Waals surface area contributed by atoms with Crippen LogP contribution in [0.2, 0.25) is 0 Å². The van der Waals surface area contributed by atoms with Crippen LogP contribution in [0.25, 0.3) is 0 Å². The Morgan fingerprint density at radius 3 is 2.42 bits per heavy atom. The first-order valence-corrected chi connectivity index (χ1v) is 6.99. The second-order valence-electron chi connectivity index (χ2n) is 6.21. The van der Waals surface area contributed by atoms with Crippen LogP contribution >= 0.6 is 11.6 Å². The Morgan fingerprint density at radius 1 is 1.42 bits per heavy atom. The molecule has 1 aliphatic rings. The SMILES string of the molecule is CCC1(C)C(=O)NC(C(C)(C)C)C(=O)N1C/C=C/Cl.